The molecular formula is C13H16ClN. The quantitative estimate of drug-likeness (QED) is 0.716. The molecule has 15 heavy (non-hydrogen) atoms. The second-order valence-electron chi connectivity index (χ2n) is 4.80. The summed E-state index contributed by atoms with van der Waals surface area (Å²) >= 11 is 6.27. The van der Waals surface area contributed by atoms with E-state index in [1.807, 2.05) is 0 Å². The molecule has 2 atom stereocenters. The van der Waals surface area contributed by atoms with Gasteiger partial charge in [-0.3, -0.25) is 0 Å². The van der Waals surface area contributed by atoms with Crippen molar-refractivity contribution in [1.29, 1.82) is 0 Å². The van der Waals surface area contributed by atoms with Crippen molar-refractivity contribution in [2.75, 3.05) is 0 Å². The molecule has 2 unspecified atom stereocenters. The Kier molecular flexibility index (Phi) is 2.26. The van der Waals surface area contributed by atoms with Crippen LogP contribution in [-0.2, 0) is 12.8 Å². The molecule has 1 aromatic rings. The Morgan fingerprint density at radius 3 is 2.93 bits per heavy atom. The maximum atomic E-state index is 6.27. The average Bonchev–Trinajstić information content (AvgIpc) is 2.27. The van der Waals surface area contributed by atoms with Crippen LogP contribution in [0.4, 0.5) is 0 Å². The number of hydrogen-bond donors (Lipinski definition) is 1. The fourth-order valence-electron chi connectivity index (χ4n) is 3.22. The molecule has 2 N–H and O–H groups in total. The van der Waals surface area contributed by atoms with E-state index in [-0.39, 0.29) is 0 Å². The molecular weight excluding hydrogens is 206 g/mol. The summed E-state index contributed by atoms with van der Waals surface area (Å²) in [6, 6.07) is 4.62. The Morgan fingerprint density at radius 2 is 2.07 bits per heavy atom. The van der Waals surface area contributed by atoms with E-state index in [4.69, 9.17) is 17.3 Å². The lowest BCUT2D eigenvalue weighted by Crippen LogP contribution is -2.35. The summed E-state index contributed by atoms with van der Waals surface area (Å²) < 4.78 is 0. The fraction of sp³-hybridized carbons (Fsp3) is 0.538. The normalized spacial score (nSPS) is 28.7. The second-order valence-corrected chi connectivity index (χ2v) is 5.21. The highest BCUT2D eigenvalue weighted by molar-refractivity contribution is 6.31. The lowest BCUT2D eigenvalue weighted by atomic mass is 9.71. The molecule has 2 aliphatic rings. The number of halogens is 1. The maximum Gasteiger partial charge on any atom is 0.0441 e. The van der Waals surface area contributed by atoms with Gasteiger partial charge in [-0.2, -0.15) is 0 Å². The van der Waals surface area contributed by atoms with Crippen LogP contribution in [0.5, 0.6) is 0 Å². The van der Waals surface area contributed by atoms with Gasteiger partial charge < -0.3 is 5.73 Å². The van der Waals surface area contributed by atoms with Crippen LogP contribution in [0, 0.1) is 0 Å². The van der Waals surface area contributed by atoms with Crippen LogP contribution < -0.4 is 5.73 Å². The lowest BCUT2D eigenvalue weighted by Gasteiger charge is -2.36. The molecule has 0 saturated heterocycles. The standard InChI is InChI=1S/C13H16ClN/c14-11-6-4-8-5-7-12(15)10-3-1-2-9(11)13(8)10/h4,6,10,12H,1-3,5,7,15H2. The smallest absolute Gasteiger partial charge is 0.0441 e. The zero-order valence-electron chi connectivity index (χ0n) is 8.80. The first-order valence-electron chi connectivity index (χ1n) is 5.83. The van der Waals surface area contributed by atoms with Crippen LogP contribution in [0.1, 0.15) is 41.9 Å². The molecule has 0 aromatic heterocycles. The Morgan fingerprint density at radius 1 is 1.20 bits per heavy atom. The van der Waals surface area contributed by atoms with Gasteiger partial charge in [-0.25, -0.2) is 0 Å². The molecule has 0 saturated carbocycles. The lowest BCUT2D eigenvalue weighted by molar-refractivity contribution is 0.417. The van der Waals surface area contributed by atoms with Crippen molar-refractivity contribution in [3.05, 3.63) is 33.8 Å². The summed E-state index contributed by atoms with van der Waals surface area (Å²) in [7, 11) is 0. The number of rotatable bonds is 0. The van der Waals surface area contributed by atoms with Crippen LogP contribution in [0.2, 0.25) is 5.02 Å². The minimum absolute atomic E-state index is 0.356. The number of nitrogens with two attached hydrogens (primary N) is 1. The third-order valence-corrected chi connectivity index (χ3v) is 4.32. The number of aryl methyl sites for hydroxylation is 1. The Hall–Kier alpha value is -0.530. The average molecular weight is 222 g/mol. The van der Waals surface area contributed by atoms with E-state index in [1.165, 1.54) is 29.5 Å². The van der Waals surface area contributed by atoms with E-state index >= 15 is 0 Å². The van der Waals surface area contributed by atoms with Gasteiger partial charge in [0.1, 0.15) is 0 Å². The van der Waals surface area contributed by atoms with Crippen molar-refractivity contribution in [3.63, 3.8) is 0 Å². The Labute approximate surface area is 95.6 Å². The molecule has 0 amide bonds. The molecule has 0 heterocycles. The fourth-order valence-corrected chi connectivity index (χ4v) is 3.47. The van der Waals surface area contributed by atoms with Gasteiger partial charge >= 0.3 is 0 Å². The van der Waals surface area contributed by atoms with Crippen molar-refractivity contribution in [2.24, 2.45) is 5.73 Å². The van der Waals surface area contributed by atoms with Crippen molar-refractivity contribution < 1.29 is 0 Å². The molecule has 0 aliphatic heterocycles. The Balaban J connectivity index is 2.20. The zero-order chi connectivity index (χ0) is 10.4. The first kappa shape index (κ1) is 9.68. The Bertz CT molecular complexity index is 400. The summed E-state index contributed by atoms with van der Waals surface area (Å²) in [6.45, 7) is 0. The van der Waals surface area contributed by atoms with E-state index in [0.29, 0.717) is 12.0 Å². The largest absolute Gasteiger partial charge is 0.327 e. The SMILES string of the molecule is NC1CCc2ccc(Cl)c3c2C1CCC3. The monoisotopic (exact) mass is 221 g/mol. The van der Waals surface area contributed by atoms with Gasteiger partial charge in [-0.15, -0.1) is 0 Å². The maximum absolute atomic E-state index is 6.27. The van der Waals surface area contributed by atoms with Crippen LogP contribution in [-0.4, -0.2) is 6.04 Å². The number of benzene rings is 1. The third-order valence-electron chi connectivity index (χ3n) is 3.97. The van der Waals surface area contributed by atoms with E-state index in [9.17, 15) is 0 Å². The summed E-state index contributed by atoms with van der Waals surface area (Å²) in [5.41, 5.74) is 10.6. The molecule has 1 nitrogen and oxygen atoms in total. The van der Waals surface area contributed by atoms with E-state index in [2.05, 4.69) is 12.1 Å². The molecule has 2 aliphatic carbocycles. The van der Waals surface area contributed by atoms with Gasteiger partial charge in [0, 0.05) is 11.1 Å². The summed E-state index contributed by atoms with van der Waals surface area (Å²) in [5, 5.41) is 0.951. The van der Waals surface area contributed by atoms with Gasteiger partial charge in [0.2, 0.25) is 0 Å². The molecule has 0 spiro atoms. The molecule has 1 aromatic carbocycles. The van der Waals surface area contributed by atoms with Crippen molar-refractivity contribution in [3.8, 4) is 0 Å². The van der Waals surface area contributed by atoms with Crippen LogP contribution >= 0.6 is 11.6 Å². The van der Waals surface area contributed by atoms with Gasteiger partial charge in [-0.05, 0) is 60.8 Å². The zero-order valence-corrected chi connectivity index (χ0v) is 9.56. The number of hydrogen-bond acceptors (Lipinski definition) is 1. The highest BCUT2D eigenvalue weighted by atomic mass is 35.5. The van der Waals surface area contributed by atoms with Gasteiger partial charge in [0.05, 0.1) is 0 Å². The van der Waals surface area contributed by atoms with Crippen LogP contribution in [0.15, 0.2) is 12.1 Å². The van der Waals surface area contributed by atoms with Gasteiger partial charge in [0.15, 0.2) is 0 Å². The summed E-state index contributed by atoms with van der Waals surface area (Å²) in [5.74, 6) is 0.580. The van der Waals surface area contributed by atoms with Gasteiger partial charge in [-0.1, -0.05) is 17.7 Å². The summed E-state index contributed by atoms with van der Waals surface area (Å²) in [6.07, 6.45) is 5.91. The van der Waals surface area contributed by atoms with Crippen LogP contribution in [0.25, 0.3) is 0 Å². The minimum Gasteiger partial charge on any atom is -0.327 e. The predicted octanol–water partition coefficient (Wildman–Crippen LogP) is 3.03. The molecule has 0 bridgehead atoms. The highest BCUT2D eigenvalue weighted by Crippen LogP contribution is 2.42. The molecule has 0 fully saturated rings. The van der Waals surface area contributed by atoms with Crippen molar-refractivity contribution >= 4 is 11.6 Å². The predicted molar refractivity (Wildman–Crippen MR) is 63.4 cm³/mol. The van der Waals surface area contributed by atoms with Crippen LogP contribution in [0.3, 0.4) is 0 Å². The summed E-state index contributed by atoms with van der Waals surface area (Å²) in [4.78, 5) is 0. The van der Waals surface area contributed by atoms with E-state index in [1.54, 1.807) is 0 Å². The first-order valence-corrected chi connectivity index (χ1v) is 6.21. The molecule has 2 heteroatoms. The van der Waals surface area contributed by atoms with E-state index < -0.39 is 0 Å². The minimum atomic E-state index is 0.356. The third kappa shape index (κ3) is 1.41. The second kappa shape index (κ2) is 3.50. The first-order chi connectivity index (χ1) is 7.27. The molecule has 80 valence electrons. The van der Waals surface area contributed by atoms with Crippen molar-refractivity contribution in [2.45, 2.75) is 44.1 Å². The topological polar surface area (TPSA) is 26.0 Å². The van der Waals surface area contributed by atoms with E-state index in [0.717, 1.165) is 24.3 Å². The highest BCUT2D eigenvalue weighted by Gasteiger charge is 2.32. The molecule has 0 radical (unpaired) electrons. The molecule has 3 rings (SSSR count). The van der Waals surface area contributed by atoms with Gasteiger partial charge in [0.25, 0.3) is 0 Å². The van der Waals surface area contributed by atoms with Crippen molar-refractivity contribution in [1.82, 2.24) is 0 Å².